The highest BCUT2D eigenvalue weighted by Crippen LogP contribution is 2.17. The molecule has 5 nitrogen and oxygen atoms in total. The van der Waals surface area contributed by atoms with Gasteiger partial charge >= 0.3 is 0 Å². The summed E-state index contributed by atoms with van der Waals surface area (Å²) in [7, 11) is 0. The lowest BCUT2D eigenvalue weighted by atomic mass is 10.1. The van der Waals surface area contributed by atoms with Crippen LogP contribution in [0.25, 0.3) is 0 Å². The van der Waals surface area contributed by atoms with Crippen molar-refractivity contribution in [1.82, 2.24) is 0 Å². The molecule has 0 radical (unpaired) electrons. The van der Waals surface area contributed by atoms with E-state index in [2.05, 4.69) is 11.4 Å². The molecule has 5 N–H and O–H groups in total. The van der Waals surface area contributed by atoms with E-state index >= 15 is 0 Å². The highest BCUT2D eigenvalue weighted by Gasteiger charge is 2.06. The monoisotopic (exact) mass is 301 g/mol. The number of benzene rings is 2. The molecule has 2 aromatic carbocycles. The molecule has 0 bridgehead atoms. The van der Waals surface area contributed by atoms with Crippen LogP contribution < -0.4 is 16.0 Å². The van der Waals surface area contributed by atoms with E-state index in [0.29, 0.717) is 19.6 Å². The summed E-state index contributed by atoms with van der Waals surface area (Å²) in [6, 6.07) is 15.7. The van der Waals surface area contributed by atoms with Gasteiger partial charge in [0, 0.05) is 36.7 Å². The van der Waals surface area contributed by atoms with E-state index in [9.17, 15) is 0 Å². The van der Waals surface area contributed by atoms with Crippen LogP contribution in [0.1, 0.15) is 5.56 Å². The maximum atomic E-state index is 9.12. The van der Waals surface area contributed by atoms with E-state index in [-0.39, 0.29) is 13.2 Å². The minimum atomic E-state index is 0.0634. The van der Waals surface area contributed by atoms with Gasteiger partial charge in [-0.3, -0.25) is 0 Å². The van der Waals surface area contributed by atoms with Gasteiger partial charge < -0.3 is 26.2 Å². The van der Waals surface area contributed by atoms with E-state index in [0.717, 1.165) is 22.6 Å². The molecule has 0 fully saturated rings. The fourth-order valence-electron chi connectivity index (χ4n) is 2.28. The molecule has 0 aliphatic carbocycles. The Kier molecular flexibility index (Phi) is 6.06. The first-order valence-corrected chi connectivity index (χ1v) is 7.38. The van der Waals surface area contributed by atoms with Crippen LogP contribution in [0.3, 0.4) is 0 Å². The predicted molar refractivity (Wildman–Crippen MR) is 91.0 cm³/mol. The number of rotatable bonds is 8. The highest BCUT2D eigenvalue weighted by atomic mass is 16.3. The van der Waals surface area contributed by atoms with Crippen molar-refractivity contribution in [2.45, 2.75) is 6.54 Å². The largest absolute Gasteiger partial charge is 0.399 e. The van der Waals surface area contributed by atoms with Gasteiger partial charge in [0.1, 0.15) is 0 Å². The minimum Gasteiger partial charge on any atom is -0.399 e. The summed E-state index contributed by atoms with van der Waals surface area (Å²) in [5, 5.41) is 21.6. The maximum absolute atomic E-state index is 9.12. The Balaban J connectivity index is 2.02. The Morgan fingerprint density at radius 2 is 1.64 bits per heavy atom. The summed E-state index contributed by atoms with van der Waals surface area (Å²) in [6.45, 7) is 1.84. The molecule has 0 spiro atoms. The number of hydrogen-bond acceptors (Lipinski definition) is 5. The van der Waals surface area contributed by atoms with Crippen molar-refractivity contribution in [3.8, 4) is 0 Å². The topological polar surface area (TPSA) is 81.8 Å². The predicted octanol–water partition coefficient (Wildman–Crippen LogP) is 1.67. The highest BCUT2D eigenvalue weighted by molar-refractivity contribution is 5.53. The number of nitrogens with one attached hydrogen (secondary N) is 1. The maximum Gasteiger partial charge on any atom is 0.0606 e. The summed E-state index contributed by atoms with van der Waals surface area (Å²) in [5.41, 5.74) is 9.57. The van der Waals surface area contributed by atoms with E-state index in [4.69, 9.17) is 15.9 Å². The summed E-state index contributed by atoms with van der Waals surface area (Å²) < 4.78 is 0. The van der Waals surface area contributed by atoms with Gasteiger partial charge in [0.25, 0.3) is 0 Å². The number of hydrogen-bond donors (Lipinski definition) is 4. The second-order valence-corrected chi connectivity index (χ2v) is 5.08. The minimum absolute atomic E-state index is 0.0634. The fourth-order valence-corrected chi connectivity index (χ4v) is 2.28. The van der Waals surface area contributed by atoms with Crippen molar-refractivity contribution >= 4 is 17.1 Å². The Morgan fingerprint density at radius 1 is 0.955 bits per heavy atom. The van der Waals surface area contributed by atoms with E-state index in [1.165, 1.54) is 0 Å². The SMILES string of the molecule is Nc1ccc(NCc2cccc(N(CCO)CCO)c2)cc1. The molecule has 0 atom stereocenters. The van der Waals surface area contributed by atoms with Gasteiger partial charge in [-0.2, -0.15) is 0 Å². The average molecular weight is 301 g/mol. The Morgan fingerprint density at radius 3 is 2.27 bits per heavy atom. The van der Waals surface area contributed by atoms with E-state index in [1.807, 2.05) is 47.4 Å². The fraction of sp³-hybridized carbons (Fsp3) is 0.294. The van der Waals surface area contributed by atoms with Crippen LogP contribution in [0.2, 0.25) is 0 Å². The molecule has 0 saturated carbocycles. The Labute approximate surface area is 131 Å². The molecule has 2 rings (SSSR count). The third kappa shape index (κ3) is 4.65. The van der Waals surface area contributed by atoms with Crippen LogP contribution in [0.4, 0.5) is 17.1 Å². The molecule has 0 saturated heterocycles. The van der Waals surface area contributed by atoms with Gasteiger partial charge in [-0.1, -0.05) is 12.1 Å². The zero-order valence-electron chi connectivity index (χ0n) is 12.6. The number of nitrogens with zero attached hydrogens (tertiary/aromatic N) is 1. The lowest BCUT2D eigenvalue weighted by Gasteiger charge is -2.23. The summed E-state index contributed by atoms with van der Waals surface area (Å²) in [6.07, 6.45) is 0. The second-order valence-electron chi connectivity index (χ2n) is 5.08. The van der Waals surface area contributed by atoms with Crippen molar-refractivity contribution in [2.75, 3.05) is 42.3 Å². The molecule has 0 heterocycles. The van der Waals surface area contributed by atoms with Crippen molar-refractivity contribution in [3.05, 3.63) is 54.1 Å². The zero-order valence-corrected chi connectivity index (χ0v) is 12.6. The molecule has 0 amide bonds. The quantitative estimate of drug-likeness (QED) is 0.558. The molecule has 2 aromatic rings. The number of anilines is 3. The van der Waals surface area contributed by atoms with Crippen LogP contribution in [-0.2, 0) is 6.54 Å². The molecule has 0 unspecified atom stereocenters. The van der Waals surface area contributed by atoms with Crippen molar-refractivity contribution in [1.29, 1.82) is 0 Å². The molecule has 0 aromatic heterocycles. The zero-order chi connectivity index (χ0) is 15.8. The average Bonchev–Trinajstić information content (AvgIpc) is 2.54. The normalized spacial score (nSPS) is 10.5. The van der Waals surface area contributed by atoms with Crippen molar-refractivity contribution in [2.24, 2.45) is 0 Å². The molecular formula is C17H23N3O2. The van der Waals surface area contributed by atoms with E-state index < -0.39 is 0 Å². The Hall–Kier alpha value is -2.24. The van der Waals surface area contributed by atoms with Gasteiger partial charge in [0.05, 0.1) is 13.2 Å². The molecule has 118 valence electrons. The van der Waals surface area contributed by atoms with Gasteiger partial charge in [0.15, 0.2) is 0 Å². The standard InChI is InChI=1S/C17H23N3O2/c18-15-4-6-16(7-5-15)19-13-14-2-1-3-17(12-14)20(8-10-21)9-11-22/h1-7,12,19,21-22H,8-11,13,18H2. The van der Waals surface area contributed by atoms with Gasteiger partial charge in [0.2, 0.25) is 0 Å². The van der Waals surface area contributed by atoms with Gasteiger partial charge in [-0.25, -0.2) is 0 Å². The molecule has 22 heavy (non-hydrogen) atoms. The van der Waals surface area contributed by atoms with Gasteiger partial charge in [-0.05, 0) is 42.0 Å². The van der Waals surface area contributed by atoms with Gasteiger partial charge in [-0.15, -0.1) is 0 Å². The molecule has 0 aliphatic heterocycles. The first kappa shape index (κ1) is 16.1. The summed E-state index contributed by atoms with van der Waals surface area (Å²) >= 11 is 0. The number of nitrogens with two attached hydrogens (primary N) is 1. The number of nitrogen functional groups attached to an aromatic ring is 1. The lowest BCUT2D eigenvalue weighted by molar-refractivity contribution is 0.281. The van der Waals surface area contributed by atoms with Crippen LogP contribution in [0, 0.1) is 0 Å². The third-order valence-electron chi connectivity index (χ3n) is 3.42. The first-order valence-electron chi connectivity index (χ1n) is 7.38. The van der Waals surface area contributed by atoms with Crippen LogP contribution in [0.15, 0.2) is 48.5 Å². The summed E-state index contributed by atoms with van der Waals surface area (Å²) in [4.78, 5) is 1.96. The number of aliphatic hydroxyl groups excluding tert-OH is 2. The second kappa shape index (κ2) is 8.26. The molecule has 5 heteroatoms. The smallest absolute Gasteiger partial charge is 0.0606 e. The van der Waals surface area contributed by atoms with E-state index in [1.54, 1.807) is 0 Å². The molecule has 0 aliphatic rings. The molecular weight excluding hydrogens is 278 g/mol. The third-order valence-corrected chi connectivity index (χ3v) is 3.42. The number of aliphatic hydroxyl groups is 2. The van der Waals surface area contributed by atoms with Crippen molar-refractivity contribution in [3.63, 3.8) is 0 Å². The van der Waals surface area contributed by atoms with Crippen LogP contribution in [0.5, 0.6) is 0 Å². The van der Waals surface area contributed by atoms with Crippen LogP contribution in [-0.4, -0.2) is 36.5 Å². The lowest BCUT2D eigenvalue weighted by Crippen LogP contribution is -2.29. The first-order chi connectivity index (χ1) is 10.7. The summed E-state index contributed by atoms with van der Waals surface area (Å²) in [5.74, 6) is 0. The van der Waals surface area contributed by atoms with Crippen LogP contribution >= 0.6 is 0 Å². The Bertz CT molecular complexity index is 566. The van der Waals surface area contributed by atoms with Crippen molar-refractivity contribution < 1.29 is 10.2 Å².